The van der Waals surface area contributed by atoms with Crippen LogP contribution in [0.5, 0.6) is 11.5 Å². The quantitative estimate of drug-likeness (QED) is 0.705. The summed E-state index contributed by atoms with van der Waals surface area (Å²) in [6.45, 7) is 3.39. The molecule has 6 nitrogen and oxygen atoms in total. The summed E-state index contributed by atoms with van der Waals surface area (Å²) in [5.74, 6) is 3.09. The number of methoxy groups -OCH3 is 2. The van der Waals surface area contributed by atoms with Crippen LogP contribution in [0.2, 0.25) is 0 Å². The van der Waals surface area contributed by atoms with Crippen LogP contribution >= 0.6 is 11.3 Å². The van der Waals surface area contributed by atoms with Crippen LogP contribution in [0, 0.1) is 5.92 Å². The second-order valence-corrected chi connectivity index (χ2v) is 9.07. The molecule has 152 valence electrons. The van der Waals surface area contributed by atoms with E-state index in [1.54, 1.807) is 31.9 Å². The van der Waals surface area contributed by atoms with Gasteiger partial charge in [0.25, 0.3) is 0 Å². The Morgan fingerprint density at radius 3 is 2.72 bits per heavy atom. The van der Waals surface area contributed by atoms with Crippen molar-refractivity contribution in [2.24, 2.45) is 5.92 Å². The van der Waals surface area contributed by atoms with Crippen molar-refractivity contribution in [3.63, 3.8) is 0 Å². The fourth-order valence-electron chi connectivity index (χ4n) is 4.74. The number of anilines is 1. The largest absolute Gasteiger partial charge is 0.496 e. The summed E-state index contributed by atoms with van der Waals surface area (Å²) in [6, 6.07) is 3.76. The van der Waals surface area contributed by atoms with E-state index in [9.17, 15) is 5.11 Å². The van der Waals surface area contributed by atoms with Crippen molar-refractivity contribution in [2.75, 3.05) is 25.7 Å². The molecule has 1 aliphatic carbocycles. The molecular weight excluding hydrogens is 386 g/mol. The van der Waals surface area contributed by atoms with Crippen molar-refractivity contribution >= 4 is 27.4 Å². The number of hydrogen-bond acceptors (Lipinski definition) is 7. The van der Waals surface area contributed by atoms with Crippen LogP contribution in [0.3, 0.4) is 0 Å². The lowest BCUT2D eigenvalue weighted by molar-refractivity contribution is 0.169. The smallest absolute Gasteiger partial charge is 0.141 e. The molecule has 29 heavy (non-hydrogen) atoms. The summed E-state index contributed by atoms with van der Waals surface area (Å²) in [6.07, 6.45) is 4.35. The lowest BCUT2D eigenvalue weighted by atomic mass is 9.89. The van der Waals surface area contributed by atoms with Crippen molar-refractivity contribution in [1.29, 1.82) is 0 Å². The molecule has 2 aromatic heterocycles. The predicted molar refractivity (Wildman–Crippen MR) is 114 cm³/mol. The molecule has 0 amide bonds. The number of benzene rings is 1. The Morgan fingerprint density at radius 2 is 1.93 bits per heavy atom. The second-order valence-electron chi connectivity index (χ2n) is 7.99. The van der Waals surface area contributed by atoms with Crippen LogP contribution in [-0.4, -0.2) is 35.8 Å². The van der Waals surface area contributed by atoms with Crippen LogP contribution in [0.15, 0.2) is 18.5 Å². The third-order valence-electron chi connectivity index (χ3n) is 6.16. The Bertz CT molecular complexity index is 1080. The van der Waals surface area contributed by atoms with E-state index in [0.29, 0.717) is 24.8 Å². The first-order chi connectivity index (χ1) is 14.1. The highest BCUT2D eigenvalue weighted by Gasteiger charge is 2.32. The van der Waals surface area contributed by atoms with Gasteiger partial charge in [0.2, 0.25) is 0 Å². The molecule has 3 aromatic rings. The molecule has 0 radical (unpaired) electrons. The van der Waals surface area contributed by atoms with Gasteiger partial charge in [-0.25, -0.2) is 9.97 Å². The van der Waals surface area contributed by atoms with Crippen LogP contribution in [0.4, 0.5) is 5.82 Å². The minimum Gasteiger partial charge on any atom is -0.496 e. The van der Waals surface area contributed by atoms with Crippen LogP contribution < -0.4 is 14.4 Å². The van der Waals surface area contributed by atoms with Gasteiger partial charge in [0.15, 0.2) is 0 Å². The number of aromatic nitrogens is 2. The molecule has 1 aliphatic heterocycles. The molecule has 2 aliphatic rings. The molecule has 0 unspecified atom stereocenters. The van der Waals surface area contributed by atoms with Gasteiger partial charge in [0.1, 0.15) is 34.6 Å². The maximum absolute atomic E-state index is 11.0. The van der Waals surface area contributed by atoms with Gasteiger partial charge in [-0.3, -0.25) is 0 Å². The van der Waals surface area contributed by atoms with E-state index in [0.717, 1.165) is 45.8 Å². The molecule has 0 spiro atoms. The van der Waals surface area contributed by atoms with E-state index >= 15 is 0 Å². The predicted octanol–water partition coefficient (Wildman–Crippen LogP) is 3.89. The Hall–Kier alpha value is -2.38. The maximum atomic E-state index is 11.0. The molecule has 1 aromatic carbocycles. The van der Waals surface area contributed by atoms with Crippen molar-refractivity contribution in [3.05, 3.63) is 40.0 Å². The zero-order chi connectivity index (χ0) is 20.1. The Kier molecular flexibility index (Phi) is 4.59. The van der Waals surface area contributed by atoms with Crippen LogP contribution in [0.25, 0.3) is 10.2 Å². The summed E-state index contributed by atoms with van der Waals surface area (Å²) in [4.78, 5) is 13.9. The topological polar surface area (TPSA) is 67.7 Å². The summed E-state index contributed by atoms with van der Waals surface area (Å²) in [5.41, 5.74) is 3.17. The number of nitrogens with zero attached hydrogens (tertiary/aromatic N) is 3. The highest BCUT2D eigenvalue weighted by molar-refractivity contribution is 7.19. The number of thiophene rings is 1. The van der Waals surface area contributed by atoms with Gasteiger partial charge < -0.3 is 19.5 Å². The molecule has 3 heterocycles. The average Bonchev–Trinajstić information content (AvgIpc) is 3.10. The van der Waals surface area contributed by atoms with E-state index in [1.165, 1.54) is 16.9 Å². The molecule has 0 saturated carbocycles. The second kappa shape index (κ2) is 7.15. The molecule has 1 N–H and O–H groups in total. The Balaban J connectivity index is 1.63. The summed E-state index contributed by atoms with van der Waals surface area (Å²) < 4.78 is 11.1. The fraction of sp³-hybridized carbons (Fsp3) is 0.455. The lowest BCUT2D eigenvalue weighted by Crippen LogP contribution is -2.35. The van der Waals surface area contributed by atoms with E-state index in [-0.39, 0.29) is 0 Å². The standard InChI is InChI=1S/C22H25N3O3S/c1-12-4-5-13-18(8-12)29-22-20(13)21(23-11-24-22)25-9-14-16(27-2)6-7-17(28-3)19(14)15(26)10-25/h6-7,11-12,15,26H,4-5,8-10H2,1-3H3/t12-,15-/m1/s1. The summed E-state index contributed by atoms with van der Waals surface area (Å²) in [5, 5.41) is 12.2. The number of hydrogen-bond donors (Lipinski definition) is 1. The van der Waals surface area contributed by atoms with Gasteiger partial charge in [-0.1, -0.05) is 6.92 Å². The van der Waals surface area contributed by atoms with Gasteiger partial charge in [-0.2, -0.15) is 0 Å². The first-order valence-electron chi connectivity index (χ1n) is 10.0. The maximum Gasteiger partial charge on any atom is 0.141 e. The Morgan fingerprint density at radius 1 is 1.14 bits per heavy atom. The normalized spacial score (nSPS) is 21.0. The molecule has 0 fully saturated rings. The first kappa shape index (κ1) is 18.6. The van der Waals surface area contributed by atoms with Gasteiger partial charge in [0, 0.05) is 22.5 Å². The molecule has 5 rings (SSSR count). The lowest BCUT2D eigenvalue weighted by Gasteiger charge is -2.35. The van der Waals surface area contributed by atoms with Gasteiger partial charge in [0.05, 0.1) is 26.2 Å². The van der Waals surface area contributed by atoms with Gasteiger partial charge in [-0.05, 0) is 42.9 Å². The zero-order valence-corrected chi connectivity index (χ0v) is 17.8. The summed E-state index contributed by atoms with van der Waals surface area (Å²) >= 11 is 1.80. The van der Waals surface area contributed by atoms with Crippen molar-refractivity contribution in [1.82, 2.24) is 9.97 Å². The van der Waals surface area contributed by atoms with Gasteiger partial charge in [-0.15, -0.1) is 11.3 Å². The number of rotatable bonds is 3. The van der Waals surface area contributed by atoms with Crippen LogP contribution in [0.1, 0.15) is 41.0 Å². The molecule has 0 saturated heterocycles. The van der Waals surface area contributed by atoms with Crippen molar-refractivity contribution < 1.29 is 14.6 Å². The molecule has 7 heteroatoms. The zero-order valence-electron chi connectivity index (χ0n) is 16.9. The number of aliphatic hydroxyl groups excluding tert-OH is 1. The first-order valence-corrected chi connectivity index (χ1v) is 10.8. The van der Waals surface area contributed by atoms with E-state index in [4.69, 9.17) is 9.47 Å². The fourth-order valence-corrected chi connectivity index (χ4v) is 6.08. The number of β-amino-alcohol motifs (C(OH)–C–C–N with tert-alkyl or cyclic N) is 1. The van der Waals surface area contributed by atoms with E-state index < -0.39 is 6.10 Å². The SMILES string of the molecule is COc1ccc(OC)c2c1CN(c1ncnc3sc4c(c13)CC[C@@H](C)C4)C[C@H]2O. The molecule has 2 atom stereocenters. The van der Waals surface area contributed by atoms with Crippen molar-refractivity contribution in [3.8, 4) is 11.5 Å². The number of aryl methyl sites for hydroxylation is 1. The highest BCUT2D eigenvalue weighted by atomic mass is 32.1. The number of aliphatic hydroxyl groups is 1. The third kappa shape index (κ3) is 2.95. The summed E-state index contributed by atoms with van der Waals surface area (Å²) in [7, 11) is 3.29. The van der Waals surface area contributed by atoms with Crippen molar-refractivity contribution in [2.45, 2.75) is 38.8 Å². The number of ether oxygens (including phenoxy) is 2. The average molecular weight is 412 g/mol. The van der Waals surface area contributed by atoms with E-state index in [1.807, 2.05) is 12.1 Å². The molecule has 0 bridgehead atoms. The number of fused-ring (bicyclic) bond motifs is 4. The molecular formula is C22H25N3O3S. The van der Waals surface area contributed by atoms with Crippen LogP contribution in [-0.2, 0) is 19.4 Å². The van der Waals surface area contributed by atoms with Gasteiger partial charge >= 0.3 is 0 Å². The Labute approximate surface area is 174 Å². The minimum absolute atomic E-state index is 0.462. The monoisotopic (exact) mass is 411 g/mol. The third-order valence-corrected chi connectivity index (χ3v) is 7.32. The minimum atomic E-state index is -0.678. The highest BCUT2D eigenvalue weighted by Crippen LogP contribution is 2.44. The van der Waals surface area contributed by atoms with E-state index in [2.05, 4.69) is 21.8 Å².